The van der Waals surface area contributed by atoms with Gasteiger partial charge in [0.2, 0.25) is 5.91 Å². The lowest BCUT2D eigenvalue weighted by Gasteiger charge is -2.39. The van der Waals surface area contributed by atoms with Gasteiger partial charge in [0.25, 0.3) is 0 Å². The average Bonchev–Trinajstić information content (AvgIpc) is 2.90. The molecule has 190 valence electrons. The molecule has 1 amide bonds. The van der Waals surface area contributed by atoms with E-state index in [0.717, 1.165) is 66.2 Å². The molecule has 0 spiro atoms. The second-order valence-corrected chi connectivity index (χ2v) is 9.98. The maximum Gasteiger partial charge on any atom is 0.224 e. The van der Waals surface area contributed by atoms with Gasteiger partial charge in [-0.2, -0.15) is 0 Å². The summed E-state index contributed by atoms with van der Waals surface area (Å²) in [5.41, 5.74) is 10.5. The number of para-hydroxylation sites is 1. The second-order valence-electron chi connectivity index (χ2n) is 9.98. The van der Waals surface area contributed by atoms with Crippen molar-refractivity contribution in [3.8, 4) is 5.75 Å². The lowest BCUT2D eigenvalue weighted by Crippen LogP contribution is -2.49. The van der Waals surface area contributed by atoms with Crippen LogP contribution in [-0.2, 0) is 11.2 Å². The number of rotatable bonds is 9. The molecule has 1 aliphatic heterocycles. The van der Waals surface area contributed by atoms with E-state index in [-0.39, 0.29) is 5.91 Å². The number of likely N-dealkylation sites (tertiary alicyclic amines) is 1. The van der Waals surface area contributed by atoms with E-state index in [1.54, 1.807) is 0 Å². The van der Waals surface area contributed by atoms with Crippen molar-refractivity contribution in [1.29, 1.82) is 0 Å². The number of benzene rings is 3. The number of nitrogens with zero attached hydrogens (tertiary/aromatic N) is 2. The van der Waals surface area contributed by atoms with Gasteiger partial charge >= 0.3 is 0 Å². The van der Waals surface area contributed by atoms with Gasteiger partial charge in [-0.15, -0.1) is 0 Å². The predicted octanol–water partition coefficient (Wildman–Crippen LogP) is 5.48. The standard InChI is InChI=1S/C31H34N4O2/c1-23-20-29(27-12-5-6-13-28(27)33-23)34-25-10-7-11-26(21-25)37-19-18-35-16-14-31(15-17-35,30(32)36)22-24-8-3-2-4-9-24/h2-13,20-21H,14-19,22H2,1H3,(H2,32,36)(H,33,34). The Kier molecular flexibility index (Phi) is 7.37. The fourth-order valence-electron chi connectivity index (χ4n) is 5.22. The van der Waals surface area contributed by atoms with E-state index in [4.69, 9.17) is 10.5 Å². The molecule has 6 nitrogen and oxygen atoms in total. The van der Waals surface area contributed by atoms with E-state index in [1.165, 1.54) is 5.56 Å². The molecule has 0 atom stereocenters. The molecule has 2 heterocycles. The highest BCUT2D eigenvalue weighted by molar-refractivity contribution is 5.93. The van der Waals surface area contributed by atoms with E-state index >= 15 is 0 Å². The van der Waals surface area contributed by atoms with E-state index in [0.29, 0.717) is 13.0 Å². The summed E-state index contributed by atoms with van der Waals surface area (Å²) in [5, 5.41) is 4.62. The summed E-state index contributed by atoms with van der Waals surface area (Å²) in [5.74, 6) is 0.640. The first kappa shape index (κ1) is 24.8. The summed E-state index contributed by atoms with van der Waals surface area (Å²) in [6.45, 7) is 5.09. The monoisotopic (exact) mass is 494 g/mol. The van der Waals surface area contributed by atoms with Crippen molar-refractivity contribution >= 4 is 28.2 Å². The van der Waals surface area contributed by atoms with Crippen LogP contribution in [0.5, 0.6) is 5.75 Å². The van der Waals surface area contributed by atoms with Crippen molar-refractivity contribution in [3.05, 3.63) is 96.2 Å². The maximum absolute atomic E-state index is 12.4. The van der Waals surface area contributed by atoms with Crippen LogP contribution >= 0.6 is 0 Å². The van der Waals surface area contributed by atoms with Gasteiger partial charge in [-0.25, -0.2) is 0 Å². The maximum atomic E-state index is 12.4. The largest absolute Gasteiger partial charge is 0.492 e. The molecule has 0 aliphatic carbocycles. The summed E-state index contributed by atoms with van der Waals surface area (Å²) in [7, 11) is 0. The number of pyridine rings is 1. The summed E-state index contributed by atoms with van der Waals surface area (Å²) < 4.78 is 6.11. The number of nitrogens with two attached hydrogens (primary N) is 1. The normalized spacial score (nSPS) is 15.4. The topological polar surface area (TPSA) is 80.5 Å². The van der Waals surface area contributed by atoms with Gasteiger partial charge in [0, 0.05) is 35.1 Å². The number of ether oxygens (including phenoxy) is 1. The number of aromatic nitrogens is 1. The molecule has 0 bridgehead atoms. The van der Waals surface area contributed by atoms with Gasteiger partial charge in [-0.05, 0) is 69.1 Å². The van der Waals surface area contributed by atoms with Crippen molar-refractivity contribution in [3.63, 3.8) is 0 Å². The van der Waals surface area contributed by atoms with Gasteiger partial charge in [-0.1, -0.05) is 54.6 Å². The second kappa shape index (κ2) is 11.0. The van der Waals surface area contributed by atoms with Crippen LogP contribution in [0.1, 0.15) is 24.1 Å². The Labute approximate surface area is 218 Å². The first-order valence-corrected chi connectivity index (χ1v) is 12.9. The van der Waals surface area contributed by atoms with E-state index in [9.17, 15) is 4.79 Å². The third-order valence-corrected chi connectivity index (χ3v) is 7.35. The van der Waals surface area contributed by atoms with Crippen molar-refractivity contribution in [2.45, 2.75) is 26.2 Å². The summed E-state index contributed by atoms with van der Waals surface area (Å²) in [6.07, 6.45) is 2.26. The van der Waals surface area contributed by atoms with Gasteiger partial charge in [-0.3, -0.25) is 14.7 Å². The van der Waals surface area contributed by atoms with Crippen LogP contribution in [0.2, 0.25) is 0 Å². The molecule has 3 N–H and O–H groups in total. The van der Waals surface area contributed by atoms with Crippen molar-refractivity contribution in [1.82, 2.24) is 9.88 Å². The Hall–Kier alpha value is -3.90. The Balaban J connectivity index is 1.16. The molecule has 5 rings (SSSR count). The lowest BCUT2D eigenvalue weighted by atomic mass is 9.73. The number of carbonyl (C=O) groups excluding carboxylic acids is 1. The van der Waals surface area contributed by atoms with Gasteiger partial charge in [0.15, 0.2) is 0 Å². The zero-order valence-corrected chi connectivity index (χ0v) is 21.3. The highest BCUT2D eigenvalue weighted by Gasteiger charge is 2.39. The zero-order chi connectivity index (χ0) is 25.7. The minimum atomic E-state index is -0.464. The Morgan fingerprint density at radius 1 is 1.00 bits per heavy atom. The number of piperidine rings is 1. The average molecular weight is 495 g/mol. The van der Waals surface area contributed by atoms with E-state index in [2.05, 4.69) is 39.5 Å². The Morgan fingerprint density at radius 2 is 1.76 bits per heavy atom. The molecule has 4 aromatic rings. The number of amides is 1. The van der Waals surface area contributed by atoms with Crippen LogP contribution < -0.4 is 15.8 Å². The molecule has 0 saturated carbocycles. The third kappa shape index (κ3) is 5.92. The van der Waals surface area contributed by atoms with Crippen LogP contribution in [0.25, 0.3) is 10.9 Å². The van der Waals surface area contributed by atoms with Crippen molar-refractivity contribution in [2.75, 3.05) is 31.6 Å². The molecule has 3 aromatic carbocycles. The molecule has 0 radical (unpaired) electrons. The van der Waals surface area contributed by atoms with Gasteiger partial charge < -0.3 is 15.8 Å². The SMILES string of the molecule is Cc1cc(Nc2cccc(OCCN3CCC(Cc4ccccc4)(C(N)=O)CC3)c2)c2ccccc2n1. The highest BCUT2D eigenvalue weighted by atomic mass is 16.5. The summed E-state index contributed by atoms with van der Waals surface area (Å²) in [6, 6.07) is 28.4. The molecular formula is C31H34N4O2. The number of anilines is 2. The van der Waals surface area contributed by atoms with Crippen molar-refractivity contribution < 1.29 is 9.53 Å². The molecule has 6 heteroatoms. The quantitative estimate of drug-likeness (QED) is 0.322. The van der Waals surface area contributed by atoms with Crippen LogP contribution in [0.4, 0.5) is 11.4 Å². The minimum absolute atomic E-state index is 0.186. The van der Waals surface area contributed by atoms with Gasteiger partial charge in [0.1, 0.15) is 12.4 Å². The molecule has 1 aliphatic rings. The van der Waals surface area contributed by atoms with E-state index < -0.39 is 5.41 Å². The molecule has 1 saturated heterocycles. The van der Waals surface area contributed by atoms with E-state index in [1.807, 2.05) is 67.6 Å². The first-order valence-electron chi connectivity index (χ1n) is 12.9. The molecule has 37 heavy (non-hydrogen) atoms. The number of hydrogen-bond donors (Lipinski definition) is 2. The van der Waals surface area contributed by atoms with Crippen LogP contribution in [-0.4, -0.2) is 42.0 Å². The highest BCUT2D eigenvalue weighted by Crippen LogP contribution is 2.35. The molecular weight excluding hydrogens is 460 g/mol. The molecule has 1 aromatic heterocycles. The number of hydrogen-bond acceptors (Lipinski definition) is 5. The molecule has 1 fully saturated rings. The Morgan fingerprint density at radius 3 is 2.54 bits per heavy atom. The first-order chi connectivity index (χ1) is 18.0. The van der Waals surface area contributed by atoms with Crippen LogP contribution in [0.15, 0.2) is 84.9 Å². The number of nitrogens with one attached hydrogen (secondary N) is 1. The smallest absolute Gasteiger partial charge is 0.224 e. The van der Waals surface area contributed by atoms with Crippen LogP contribution in [0.3, 0.4) is 0 Å². The summed E-state index contributed by atoms with van der Waals surface area (Å²) in [4.78, 5) is 19.4. The van der Waals surface area contributed by atoms with Gasteiger partial charge in [0.05, 0.1) is 10.9 Å². The van der Waals surface area contributed by atoms with Crippen molar-refractivity contribution in [2.24, 2.45) is 11.1 Å². The summed E-state index contributed by atoms with van der Waals surface area (Å²) >= 11 is 0. The number of aryl methyl sites for hydroxylation is 1. The fourth-order valence-corrected chi connectivity index (χ4v) is 5.22. The zero-order valence-electron chi connectivity index (χ0n) is 21.3. The van der Waals surface area contributed by atoms with Crippen LogP contribution in [0, 0.1) is 12.3 Å². The fraction of sp³-hybridized carbons (Fsp3) is 0.290. The molecule has 0 unspecified atom stereocenters. The predicted molar refractivity (Wildman–Crippen MR) is 149 cm³/mol. The lowest BCUT2D eigenvalue weighted by molar-refractivity contribution is -0.130. The number of carbonyl (C=O) groups is 1. The Bertz CT molecular complexity index is 1360. The third-order valence-electron chi connectivity index (χ3n) is 7.35. The minimum Gasteiger partial charge on any atom is -0.492 e. The number of primary amides is 1. The number of fused-ring (bicyclic) bond motifs is 1.